The van der Waals surface area contributed by atoms with Crippen molar-refractivity contribution in [1.29, 1.82) is 0 Å². The fourth-order valence-electron chi connectivity index (χ4n) is 5.09. The summed E-state index contributed by atoms with van der Waals surface area (Å²) in [5.41, 5.74) is 9.42. The van der Waals surface area contributed by atoms with E-state index in [0.29, 0.717) is 28.9 Å². The highest BCUT2D eigenvalue weighted by Crippen LogP contribution is 2.39. The molecule has 2 aromatic rings. The summed E-state index contributed by atoms with van der Waals surface area (Å²) >= 11 is 3.21. The van der Waals surface area contributed by atoms with Crippen LogP contribution in [0.2, 0.25) is 0 Å². The van der Waals surface area contributed by atoms with Gasteiger partial charge in [-0.1, -0.05) is 34.1 Å². The second-order valence-electron chi connectivity index (χ2n) is 9.80. The third-order valence-electron chi connectivity index (χ3n) is 6.95. The van der Waals surface area contributed by atoms with Gasteiger partial charge < -0.3 is 20.3 Å². The van der Waals surface area contributed by atoms with Crippen LogP contribution in [0, 0.1) is 11.8 Å². The number of anilines is 1. The third-order valence-corrected chi connectivity index (χ3v) is 7.44. The molecule has 4 N–H and O–H groups in total. The van der Waals surface area contributed by atoms with Crippen molar-refractivity contribution >= 4 is 27.5 Å². The van der Waals surface area contributed by atoms with Crippen molar-refractivity contribution in [3.63, 3.8) is 0 Å². The summed E-state index contributed by atoms with van der Waals surface area (Å²) in [5.74, 6) is 0.586. The molecule has 1 fully saturated rings. The molecule has 4 rings (SSSR count). The highest BCUT2D eigenvalue weighted by Gasteiger charge is 2.41. The van der Waals surface area contributed by atoms with Gasteiger partial charge in [0.05, 0.1) is 0 Å². The molecule has 6 nitrogen and oxygen atoms in total. The molecule has 1 unspecified atom stereocenters. The first-order valence-corrected chi connectivity index (χ1v) is 13.0. The van der Waals surface area contributed by atoms with Gasteiger partial charge in [-0.15, -0.1) is 13.2 Å². The van der Waals surface area contributed by atoms with E-state index < -0.39 is 12.1 Å². The number of halogens is 4. The Morgan fingerprint density at radius 1 is 1.17 bits per heavy atom. The lowest BCUT2D eigenvalue weighted by molar-refractivity contribution is -0.274. The summed E-state index contributed by atoms with van der Waals surface area (Å²) in [5, 5.41) is 6.91. The van der Waals surface area contributed by atoms with E-state index in [-0.39, 0.29) is 11.7 Å². The van der Waals surface area contributed by atoms with Gasteiger partial charge in [0.2, 0.25) is 0 Å². The lowest BCUT2D eigenvalue weighted by Gasteiger charge is -2.43. The first kappa shape index (κ1) is 26.8. The van der Waals surface area contributed by atoms with Gasteiger partial charge >= 0.3 is 6.36 Å². The fourth-order valence-corrected chi connectivity index (χ4v) is 5.43. The molecule has 2 aromatic carbocycles. The van der Waals surface area contributed by atoms with Crippen molar-refractivity contribution in [2.24, 2.45) is 22.6 Å². The van der Waals surface area contributed by atoms with E-state index in [4.69, 9.17) is 10.7 Å². The Bertz CT molecular complexity index is 1090. The molecule has 1 aliphatic heterocycles. The number of alkyl halides is 3. The van der Waals surface area contributed by atoms with E-state index in [2.05, 4.69) is 37.4 Å². The monoisotopic (exact) mass is 567 g/mol. The van der Waals surface area contributed by atoms with Crippen molar-refractivity contribution in [3.05, 3.63) is 58.1 Å². The van der Waals surface area contributed by atoms with Gasteiger partial charge in [0.1, 0.15) is 11.6 Å². The molecule has 10 heteroatoms. The predicted octanol–water partition coefficient (Wildman–Crippen LogP) is 5.33. The van der Waals surface area contributed by atoms with Gasteiger partial charge in [-0.3, -0.25) is 5.73 Å². The molecule has 1 saturated carbocycles. The number of ether oxygens (including phenoxy) is 1. The van der Waals surface area contributed by atoms with Crippen molar-refractivity contribution < 1.29 is 17.9 Å². The van der Waals surface area contributed by atoms with Crippen LogP contribution in [0.15, 0.2) is 51.9 Å². The molecule has 0 radical (unpaired) electrons. The Morgan fingerprint density at radius 2 is 1.89 bits per heavy atom. The maximum Gasteiger partial charge on any atom is 0.573 e. The molecule has 0 saturated heterocycles. The van der Waals surface area contributed by atoms with E-state index in [1.54, 1.807) is 12.1 Å². The lowest BCUT2D eigenvalue weighted by Crippen LogP contribution is -2.56. The molecule has 0 bridgehead atoms. The molecule has 36 heavy (non-hydrogen) atoms. The van der Waals surface area contributed by atoms with Crippen molar-refractivity contribution in [2.75, 3.05) is 32.5 Å². The van der Waals surface area contributed by atoms with Gasteiger partial charge in [-0.25, -0.2) is 4.99 Å². The summed E-state index contributed by atoms with van der Waals surface area (Å²) in [6.45, 7) is 1.39. The molecule has 0 amide bonds. The van der Waals surface area contributed by atoms with Gasteiger partial charge in [0.25, 0.3) is 0 Å². The minimum atomic E-state index is -4.71. The summed E-state index contributed by atoms with van der Waals surface area (Å²) < 4.78 is 42.9. The van der Waals surface area contributed by atoms with Crippen molar-refractivity contribution in [2.45, 2.75) is 44.3 Å². The normalized spacial score (nSPS) is 23.9. The Morgan fingerprint density at radius 3 is 2.58 bits per heavy atom. The van der Waals surface area contributed by atoms with Crippen LogP contribution >= 0.6 is 15.9 Å². The van der Waals surface area contributed by atoms with E-state index in [1.807, 2.05) is 37.2 Å². The number of hydrogen-bond acceptors (Lipinski definition) is 6. The van der Waals surface area contributed by atoms with Crippen LogP contribution in [-0.2, 0) is 6.42 Å². The van der Waals surface area contributed by atoms with Crippen LogP contribution < -0.4 is 21.1 Å². The summed E-state index contributed by atoms with van der Waals surface area (Å²) in [4.78, 5) is 6.96. The number of aliphatic imine (C=N–C) groups is 1. The van der Waals surface area contributed by atoms with E-state index in [9.17, 15) is 13.2 Å². The van der Waals surface area contributed by atoms with Crippen molar-refractivity contribution in [1.82, 2.24) is 10.2 Å². The highest BCUT2D eigenvalue weighted by molar-refractivity contribution is 9.10. The molecule has 0 spiro atoms. The Hall–Kier alpha value is -2.30. The molecule has 196 valence electrons. The quantitative estimate of drug-likeness (QED) is 0.394. The minimum absolute atomic E-state index is 0.161. The molecule has 1 heterocycles. The maximum atomic E-state index is 12.7. The highest BCUT2D eigenvalue weighted by atomic mass is 79.9. The van der Waals surface area contributed by atoms with E-state index in [0.717, 1.165) is 49.3 Å². The van der Waals surface area contributed by atoms with Crippen LogP contribution in [0.4, 0.5) is 18.9 Å². The Kier molecular flexibility index (Phi) is 8.16. The standard InChI is InChI=1S/C26H33BrF3N5O/c1-35(2)24-21-5-3-4-6-22(21)33-25(31,34-24)19-10-7-17(8-11-19)16-32-14-13-18-9-12-20(27)15-23(18)36-26(28,29)30/h3-6,9,12,15,17,19,32-33H,7-8,10-11,13-14,16,31H2,1-2H3. The van der Waals surface area contributed by atoms with Crippen LogP contribution in [0.1, 0.15) is 36.8 Å². The van der Waals surface area contributed by atoms with Gasteiger partial charge in [-0.2, -0.15) is 0 Å². The molecule has 2 aliphatic rings. The lowest BCUT2D eigenvalue weighted by atomic mass is 9.78. The fraction of sp³-hybridized carbons (Fsp3) is 0.500. The van der Waals surface area contributed by atoms with Gasteiger partial charge in [-0.05, 0) is 80.9 Å². The average Bonchev–Trinajstić information content (AvgIpc) is 2.81. The smallest absolute Gasteiger partial charge is 0.405 e. The number of para-hydroxylation sites is 1. The van der Waals surface area contributed by atoms with Crippen LogP contribution in [0.3, 0.4) is 0 Å². The first-order chi connectivity index (χ1) is 17.0. The molecule has 1 atom stereocenters. The average molecular weight is 568 g/mol. The van der Waals surface area contributed by atoms with E-state index in [1.165, 1.54) is 6.07 Å². The number of hydrogen-bond donors (Lipinski definition) is 3. The number of nitrogens with one attached hydrogen (secondary N) is 2. The number of nitrogens with zero attached hydrogens (tertiary/aromatic N) is 2. The number of amidine groups is 1. The summed E-state index contributed by atoms with van der Waals surface area (Å²) in [7, 11) is 3.97. The number of rotatable bonds is 7. The molecule has 0 aromatic heterocycles. The van der Waals surface area contributed by atoms with Crippen LogP contribution in [0.5, 0.6) is 5.75 Å². The zero-order valence-corrected chi connectivity index (χ0v) is 22.1. The second-order valence-corrected chi connectivity index (χ2v) is 10.7. The van der Waals surface area contributed by atoms with Crippen molar-refractivity contribution in [3.8, 4) is 5.75 Å². The number of benzene rings is 2. The molecule has 1 aliphatic carbocycles. The third kappa shape index (κ3) is 6.52. The number of nitrogens with two attached hydrogens (primary N) is 1. The zero-order valence-electron chi connectivity index (χ0n) is 20.5. The first-order valence-electron chi connectivity index (χ1n) is 12.2. The summed E-state index contributed by atoms with van der Waals surface area (Å²) in [6.07, 6.45) is -0.308. The van der Waals surface area contributed by atoms with Gasteiger partial charge in [0, 0.05) is 35.7 Å². The largest absolute Gasteiger partial charge is 0.573 e. The molecular formula is C26H33BrF3N5O. The van der Waals surface area contributed by atoms with Crippen LogP contribution in [-0.4, -0.2) is 50.1 Å². The topological polar surface area (TPSA) is 74.9 Å². The van der Waals surface area contributed by atoms with Gasteiger partial charge in [0.15, 0.2) is 5.79 Å². The Balaban J connectivity index is 1.28. The minimum Gasteiger partial charge on any atom is -0.405 e. The SMILES string of the molecule is CN(C)C1=NC(N)(C2CCC(CNCCc3ccc(Br)cc3OC(F)(F)F)CC2)Nc2ccccc21. The second kappa shape index (κ2) is 11.0. The predicted molar refractivity (Wildman–Crippen MR) is 140 cm³/mol. The van der Waals surface area contributed by atoms with Crippen LogP contribution in [0.25, 0.3) is 0 Å². The Labute approximate surface area is 218 Å². The van der Waals surface area contributed by atoms with E-state index >= 15 is 0 Å². The molecular weight excluding hydrogens is 535 g/mol. The summed E-state index contributed by atoms with van der Waals surface area (Å²) in [6, 6.07) is 12.8. The number of fused-ring (bicyclic) bond motifs is 1. The zero-order chi connectivity index (χ0) is 25.9. The maximum absolute atomic E-state index is 12.7.